The molecule has 20 heavy (non-hydrogen) atoms. The summed E-state index contributed by atoms with van der Waals surface area (Å²) in [6, 6.07) is 10.7. The van der Waals surface area contributed by atoms with Crippen molar-refractivity contribution in [3.63, 3.8) is 0 Å². The summed E-state index contributed by atoms with van der Waals surface area (Å²) in [5, 5.41) is 13.2. The molecule has 0 aliphatic rings. The molecule has 1 atom stereocenters. The Morgan fingerprint density at radius 3 is 2.15 bits per heavy atom. The van der Waals surface area contributed by atoms with E-state index in [2.05, 4.69) is 63.3 Å². The molecule has 0 heterocycles. The van der Waals surface area contributed by atoms with Crippen LogP contribution in [0.1, 0.15) is 52.0 Å². The monoisotopic (exact) mass is 277 g/mol. The molecular formula is C18H31NO. The molecule has 1 aromatic carbocycles. The van der Waals surface area contributed by atoms with Gasteiger partial charge in [0.2, 0.25) is 0 Å². The summed E-state index contributed by atoms with van der Waals surface area (Å²) in [5.41, 5.74) is 1.44. The van der Waals surface area contributed by atoms with E-state index in [9.17, 15) is 5.11 Å². The van der Waals surface area contributed by atoms with E-state index in [1.54, 1.807) is 0 Å². The zero-order valence-corrected chi connectivity index (χ0v) is 13.5. The maximum Gasteiger partial charge on any atom is 0.0499 e. The minimum atomic E-state index is 0.0399. The quantitative estimate of drug-likeness (QED) is 0.719. The van der Waals surface area contributed by atoms with Gasteiger partial charge in [-0.15, -0.1) is 0 Å². The van der Waals surface area contributed by atoms with E-state index in [1.807, 2.05) is 0 Å². The van der Waals surface area contributed by atoms with Crippen LogP contribution in [0.25, 0.3) is 0 Å². The van der Waals surface area contributed by atoms with Crippen LogP contribution in [0.4, 0.5) is 0 Å². The van der Waals surface area contributed by atoms with Gasteiger partial charge in [-0.1, -0.05) is 58.0 Å². The summed E-state index contributed by atoms with van der Waals surface area (Å²) in [6.45, 7) is 11.0. The van der Waals surface area contributed by atoms with Crippen molar-refractivity contribution in [1.29, 1.82) is 0 Å². The third kappa shape index (κ3) is 4.60. The average molecular weight is 277 g/mol. The summed E-state index contributed by atoms with van der Waals surface area (Å²) < 4.78 is 0. The Bertz CT molecular complexity index is 349. The van der Waals surface area contributed by atoms with Gasteiger partial charge in [0.1, 0.15) is 0 Å². The molecule has 114 valence electrons. The minimum absolute atomic E-state index is 0.0399. The van der Waals surface area contributed by atoms with Crippen molar-refractivity contribution in [1.82, 2.24) is 5.32 Å². The van der Waals surface area contributed by atoms with E-state index in [4.69, 9.17) is 0 Å². The Hall–Kier alpha value is -0.860. The van der Waals surface area contributed by atoms with E-state index < -0.39 is 0 Å². The molecule has 0 bridgehead atoms. The molecule has 1 aromatic rings. The van der Waals surface area contributed by atoms with Crippen molar-refractivity contribution in [3.8, 4) is 0 Å². The highest BCUT2D eigenvalue weighted by Crippen LogP contribution is 2.26. The first-order valence-corrected chi connectivity index (χ1v) is 7.95. The zero-order chi connectivity index (χ0) is 15.0. The molecule has 0 aromatic heterocycles. The first-order valence-electron chi connectivity index (χ1n) is 7.95. The molecule has 1 rings (SSSR count). The van der Waals surface area contributed by atoms with Gasteiger partial charge in [0.25, 0.3) is 0 Å². The van der Waals surface area contributed by atoms with Crippen LogP contribution in [0, 0.1) is 11.3 Å². The molecule has 2 heteroatoms. The lowest BCUT2D eigenvalue weighted by molar-refractivity contribution is 0.112. The Morgan fingerprint density at radius 1 is 1.10 bits per heavy atom. The highest BCUT2D eigenvalue weighted by molar-refractivity contribution is 5.20. The minimum Gasteiger partial charge on any atom is -0.396 e. The SMILES string of the molecule is CCC(CC)(CO)CNCC(c1ccccc1)C(C)C. The number of hydrogen-bond donors (Lipinski definition) is 2. The van der Waals surface area contributed by atoms with Crippen LogP contribution in [0.5, 0.6) is 0 Å². The second kappa shape index (κ2) is 8.43. The fraction of sp³-hybridized carbons (Fsp3) is 0.667. The molecule has 0 saturated carbocycles. The first kappa shape index (κ1) is 17.2. The summed E-state index contributed by atoms with van der Waals surface area (Å²) in [5.74, 6) is 1.14. The molecule has 2 nitrogen and oxygen atoms in total. The topological polar surface area (TPSA) is 32.3 Å². The van der Waals surface area contributed by atoms with Gasteiger partial charge in [-0.2, -0.15) is 0 Å². The Kier molecular flexibility index (Phi) is 7.25. The van der Waals surface area contributed by atoms with E-state index in [-0.39, 0.29) is 12.0 Å². The summed E-state index contributed by atoms with van der Waals surface area (Å²) in [4.78, 5) is 0. The molecule has 0 amide bonds. The lowest BCUT2D eigenvalue weighted by atomic mass is 9.82. The lowest BCUT2D eigenvalue weighted by Crippen LogP contribution is -2.38. The maximum absolute atomic E-state index is 9.63. The smallest absolute Gasteiger partial charge is 0.0499 e. The van der Waals surface area contributed by atoms with Crippen molar-refractivity contribution in [3.05, 3.63) is 35.9 Å². The molecule has 0 spiro atoms. The fourth-order valence-electron chi connectivity index (χ4n) is 2.71. The zero-order valence-electron chi connectivity index (χ0n) is 13.5. The van der Waals surface area contributed by atoms with E-state index in [0.717, 1.165) is 25.9 Å². The Labute approximate surface area is 124 Å². The number of benzene rings is 1. The van der Waals surface area contributed by atoms with E-state index in [1.165, 1.54) is 5.56 Å². The van der Waals surface area contributed by atoms with Crippen molar-refractivity contribution >= 4 is 0 Å². The second-order valence-corrected chi connectivity index (χ2v) is 6.26. The highest BCUT2D eigenvalue weighted by atomic mass is 16.3. The third-order valence-electron chi connectivity index (χ3n) is 4.73. The molecule has 0 saturated heterocycles. The summed E-state index contributed by atoms with van der Waals surface area (Å²) in [7, 11) is 0. The summed E-state index contributed by atoms with van der Waals surface area (Å²) >= 11 is 0. The predicted molar refractivity (Wildman–Crippen MR) is 87.0 cm³/mol. The third-order valence-corrected chi connectivity index (χ3v) is 4.73. The van der Waals surface area contributed by atoms with Gasteiger partial charge in [-0.05, 0) is 30.2 Å². The number of aliphatic hydroxyl groups excluding tert-OH is 1. The first-order chi connectivity index (χ1) is 9.58. The van der Waals surface area contributed by atoms with Crippen LogP contribution >= 0.6 is 0 Å². The van der Waals surface area contributed by atoms with Crippen molar-refractivity contribution < 1.29 is 5.11 Å². The summed E-state index contributed by atoms with van der Waals surface area (Å²) in [6.07, 6.45) is 2.04. The predicted octanol–water partition coefficient (Wildman–Crippen LogP) is 3.81. The van der Waals surface area contributed by atoms with E-state index in [0.29, 0.717) is 11.8 Å². The molecule has 0 fully saturated rings. The van der Waals surface area contributed by atoms with Crippen molar-refractivity contribution in [2.45, 2.75) is 46.5 Å². The van der Waals surface area contributed by atoms with Crippen LogP contribution < -0.4 is 5.32 Å². The molecule has 2 N–H and O–H groups in total. The van der Waals surface area contributed by atoms with Crippen LogP contribution in [-0.4, -0.2) is 24.8 Å². The number of hydrogen-bond acceptors (Lipinski definition) is 2. The fourth-order valence-corrected chi connectivity index (χ4v) is 2.71. The van der Waals surface area contributed by atoms with Gasteiger partial charge in [0.05, 0.1) is 0 Å². The van der Waals surface area contributed by atoms with Gasteiger partial charge >= 0.3 is 0 Å². The van der Waals surface area contributed by atoms with Crippen molar-refractivity contribution in [2.24, 2.45) is 11.3 Å². The lowest BCUT2D eigenvalue weighted by Gasteiger charge is -2.31. The number of aliphatic hydroxyl groups is 1. The van der Waals surface area contributed by atoms with Crippen LogP contribution in [0.3, 0.4) is 0 Å². The molecule has 0 aliphatic carbocycles. The largest absolute Gasteiger partial charge is 0.396 e. The standard InChI is InChI=1S/C18H31NO/c1-5-18(6-2,14-20)13-19-12-17(15(3)4)16-10-8-7-9-11-16/h7-11,15,17,19-20H,5-6,12-14H2,1-4H3. The molecule has 1 unspecified atom stereocenters. The number of rotatable bonds is 9. The highest BCUT2D eigenvalue weighted by Gasteiger charge is 2.25. The maximum atomic E-state index is 9.63. The van der Waals surface area contributed by atoms with Gasteiger partial charge in [0.15, 0.2) is 0 Å². The molecular weight excluding hydrogens is 246 g/mol. The molecule has 0 radical (unpaired) electrons. The normalized spacial score (nSPS) is 13.7. The van der Waals surface area contributed by atoms with Crippen molar-refractivity contribution in [2.75, 3.05) is 19.7 Å². The Morgan fingerprint density at radius 2 is 1.70 bits per heavy atom. The van der Waals surface area contributed by atoms with Gasteiger partial charge < -0.3 is 10.4 Å². The average Bonchev–Trinajstić information content (AvgIpc) is 2.49. The number of nitrogens with one attached hydrogen (secondary N) is 1. The van der Waals surface area contributed by atoms with Gasteiger partial charge in [0, 0.05) is 25.1 Å². The van der Waals surface area contributed by atoms with Gasteiger partial charge in [-0.3, -0.25) is 0 Å². The van der Waals surface area contributed by atoms with E-state index >= 15 is 0 Å². The van der Waals surface area contributed by atoms with Crippen LogP contribution in [-0.2, 0) is 0 Å². The second-order valence-electron chi connectivity index (χ2n) is 6.26. The van der Waals surface area contributed by atoms with Crippen LogP contribution in [0.2, 0.25) is 0 Å². The Balaban J connectivity index is 2.61. The van der Waals surface area contributed by atoms with Gasteiger partial charge in [-0.25, -0.2) is 0 Å². The van der Waals surface area contributed by atoms with Crippen LogP contribution in [0.15, 0.2) is 30.3 Å². The molecule has 0 aliphatic heterocycles.